The number of nitrogens with zero attached hydrogens (tertiary/aromatic N) is 7. The fourth-order valence-electron chi connectivity index (χ4n) is 9.57. The maximum Gasteiger partial charge on any atom is 0.420 e. The number of anilines is 8. The first-order valence-corrected chi connectivity index (χ1v) is 20.7. The molecule has 0 fully saturated rings. The molecule has 2 aliphatic rings. The Balaban J connectivity index is 1.11. The van der Waals surface area contributed by atoms with Crippen LogP contribution in [-0.4, -0.2) is 28.5 Å². The van der Waals surface area contributed by atoms with Gasteiger partial charge in [-0.1, -0.05) is 121 Å². The predicted octanol–water partition coefficient (Wildman–Crippen LogP) is 10.9. The van der Waals surface area contributed by atoms with Crippen molar-refractivity contribution in [3.8, 4) is 5.95 Å². The lowest BCUT2D eigenvalue weighted by atomic mass is 9.63. The molecule has 0 spiro atoms. The van der Waals surface area contributed by atoms with E-state index in [1.54, 1.807) is 0 Å². The Morgan fingerprint density at radius 1 is 0.311 bits per heavy atom. The van der Waals surface area contributed by atoms with Crippen LogP contribution in [-0.2, 0) is 0 Å². The molecule has 0 aliphatic carbocycles. The van der Waals surface area contributed by atoms with E-state index >= 15 is 0 Å². The molecule has 0 amide bonds. The summed E-state index contributed by atoms with van der Waals surface area (Å²) in [7, 11) is 0. The van der Waals surface area contributed by atoms with Crippen LogP contribution in [0.5, 0.6) is 0 Å². The summed E-state index contributed by atoms with van der Waals surface area (Å²) in [5.41, 5.74) is 13.6. The third-order valence-corrected chi connectivity index (χ3v) is 12.1. The lowest BCUT2D eigenvalue weighted by Crippen LogP contribution is -2.53. The SMILES string of the molecule is c1ccc(N2B(c3ccc4c(c3)c3cc(B5N(c6ccccc6)c6ccccc6N5c5ccccc5)ccc3n4-c3ncccn3)N(c3ccccc3)c3ccccc32)cc1. The third kappa shape index (κ3) is 5.62. The Labute approximate surface area is 355 Å². The lowest BCUT2D eigenvalue weighted by Gasteiger charge is -2.30. The minimum absolute atomic E-state index is 0.173. The highest BCUT2D eigenvalue weighted by Crippen LogP contribution is 2.48. The average Bonchev–Trinajstić information content (AvgIpc) is 3.99. The molecule has 10 aromatic rings. The van der Waals surface area contributed by atoms with E-state index in [4.69, 9.17) is 9.97 Å². The molecule has 0 atom stereocenters. The minimum atomic E-state index is -0.173. The Kier molecular flexibility index (Phi) is 8.23. The van der Waals surface area contributed by atoms with Gasteiger partial charge in [-0.3, -0.25) is 4.57 Å². The number of fused-ring (bicyclic) bond motifs is 5. The second-order valence-electron chi connectivity index (χ2n) is 15.5. The zero-order valence-corrected chi connectivity index (χ0v) is 33.1. The van der Waals surface area contributed by atoms with Gasteiger partial charge in [0.2, 0.25) is 5.95 Å². The zero-order valence-electron chi connectivity index (χ0n) is 33.1. The number of rotatable bonds is 7. The Morgan fingerprint density at radius 3 is 0.951 bits per heavy atom. The second kappa shape index (κ2) is 14.4. The van der Waals surface area contributed by atoms with Crippen LogP contribution < -0.4 is 30.2 Å². The van der Waals surface area contributed by atoms with Crippen molar-refractivity contribution in [2.24, 2.45) is 0 Å². The van der Waals surface area contributed by atoms with Gasteiger partial charge in [0.05, 0.1) is 33.8 Å². The largest absolute Gasteiger partial charge is 0.420 e. The van der Waals surface area contributed by atoms with Crippen LogP contribution in [0, 0.1) is 0 Å². The van der Waals surface area contributed by atoms with Crippen molar-refractivity contribution in [2.75, 3.05) is 19.2 Å². The van der Waals surface area contributed by atoms with Gasteiger partial charge in [0.1, 0.15) is 0 Å². The number of para-hydroxylation sites is 8. The molecule has 4 heterocycles. The van der Waals surface area contributed by atoms with E-state index in [2.05, 4.69) is 230 Å². The van der Waals surface area contributed by atoms with E-state index in [1.807, 2.05) is 18.5 Å². The lowest BCUT2D eigenvalue weighted by molar-refractivity contribution is 0.988. The van der Waals surface area contributed by atoms with Gasteiger partial charge in [0, 0.05) is 45.9 Å². The highest BCUT2D eigenvalue weighted by Gasteiger charge is 2.45. The summed E-state index contributed by atoms with van der Waals surface area (Å²) in [6.07, 6.45) is 3.64. The van der Waals surface area contributed by atoms with Gasteiger partial charge < -0.3 is 19.2 Å². The smallest absolute Gasteiger partial charge is 0.360 e. The van der Waals surface area contributed by atoms with Crippen LogP contribution in [0.2, 0.25) is 0 Å². The average molecular weight is 782 g/mol. The second-order valence-corrected chi connectivity index (χ2v) is 15.5. The first kappa shape index (κ1) is 35.0. The van der Waals surface area contributed by atoms with Gasteiger partial charge in [-0.25, -0.2) is 9.97 Å². The van der Waals surface area contributed by atoms with Gasteiger partial charge in [0.25, 0.3) is 0 Å². The quantitative estimate of drug-likeness (QED) is 0.150. The Bertz CT molecular complexity index is 2860. The Morgan fingerprint density at radius 2 is 0.623 bits per heavy atom. The zero-order chi connectivity index (χ0) is 40.3. The van der Waals surface area contributed by atoms with E-state index in [0.29, 0.717) is 5.95 Å². The maximum atomic E-state index is 4.80. The van der Waals surface area contributed by atoms with E-state index in [9.17, 15) is 0 Å². The first-order chi connectivity index (χ1) is 30.3. The van der Waals surface area contributed by atoms with Gasteiger partial charge in [-0.15, -0.1) is 0 Å². The van der Waals surface area contributed by atoms with E-state index < -0.39 is 0 Å². The highest BCUT2D eigenvalue weighted by molar-refractivity contribution is 6.85. The van der Waals surface area contributed by atoms with Crippen molar-refractivity contribution in [1.29, 1.82) is 0 Å². The predicted molar refractivity (Wildman–Crippen MR) is 254 cm³/mol. The van der Waals surface area contributed by atoms with Gasteiger partial charge in [-0.2, -0.15) is 0 Å². The van der Waals surface area contributed by atoms with Crippen LogP contribution >= 0.6 is 0 Å². The monoisotopic (exact) mass is 781 g/mol. The summed E-state index contributed by atoms with van der Waals surface area (Å²) in [5.74, 6) is 0.637. The van der Waals surface area contributed by atoms with Crippen LogP contribution in [0.25, 0.3) is 27.8 Å². The van der Waals surface area contributed by atoms with Crippen LogP contribution in [0.3, 0.4) is 0 Å². The molecule has 0 bridgehead atoms. The summed E-state index contributed by atoms with van der Waals surface area (Å²) >= 11 is 0. The van der Waals surface area contributed by atoms with E-state index in [-0.39, 0.29) is 14.0 Å². The Hall–Kier alpha value is -8.03. The van der Waals surface area contributed by atoms with Crippen LogP contribution in [0.15, 0.2) is 225 Å². The topological polar surface area (TPSA) is 43.7 Å². The number of hydrogen-bond donors (Lipinski definition) is 0. The summed E-state index contributed by atoms with van der Waals surface area (Å²) in [5, 5.41) is 2.26. The van der Waals surface area contributed by atoms with E-state index in [0.717, 1.165) is 67.3 Å². The fraction of sp³-hybridized carbons (Fsp3) is 0. The number of hydrogen-bond acceptors (Lipinski definition) is 6. The van der Waals surface area contributed by atoms with Gasteiger partial charge in [0.15, 0.2) is 0 Å². The number of aromatic nitrogens is 3. The number of benzene rings is 8. The van der Waals surface area contributed by atoms with Crippen molar-refractivity contribution >= 4 is 92.2 Å². The first-order valence-electron chi connectivity index (χ1n) is 20.7. The van der Waals surface area contributed by atoms with Crippen LogP contribution in [0.4, 0.5) is 45.5 Å². The van der Waals surface area contributed by atoms with Gasteiger partial charge >= 0.3 is 14.0 Å². The molecule has 0 radical (unpaired) electrons. The fourth-order valence-corrected chi connectivity index (χ4v) is 9.57. The molecule has 286 valence electrons. The maximum absolute atomic E-state index is 4.80. The minimum Gasteiger partial charge on any atom is -0.360 e. The van der Waals surface area contributed by atoms with Crippen molar-refractivity contribution in [3.05, 3.63) is 225 Å². The molecule has 2 aliphatic heterocycles. The molecule has 12 rings (SSSR count). The summed E-state index contributed by atoms with van der Waals surface area (Å²) in [4.78, 5) is 19.5. The molecule has 9 heteroatoms. The van der Waals surface area contributed by atoms with Crippen molar-refractivity contribution < 1.29 is 0 Å². The van der Waals surface area contributed by atoms with Gasteiger partial charge in [-0.05, 0) is 102 Å². The molecule has 0 saturated carbocycles. The molecule has 61 heavy (non-hydrogen) atoms. The third-order valence-electron chi connectivity index (χ3n) is 12.1. The molecule has 0 saturated heterocycles. The van der Waals surface area contributed by atoms with Crippen molar-refractivity contribution in [1.82, 2.24) is 14.5 Å². The normalized spacial score (nSPS) is 13.4. The van der Waals surface area contributed by atoms with Crippen molar-refractivity contribution in [3.63, 3.8) is 0 Å². The molecule has 0 N–H and O–H groups in total. The van der Waals surface area contributed by atoms with E-state index in [1.165, 1.54) is 10.9 Å². The van der Waals surface area contributed by atoms with Crippen LogP contribution in [0.1, 0.15) is 0 Å². The molecule has 2 aromatic heterocycles. The summed E-state index contributed by atoms with van der Waals surface area (Å²) < 4.78 is 2.21. The molecular formula is C52H37B2N7. The summed E-state index contributed by atoms with van der Waals surface area (Å²) in [6.45, 7) is -0.347. The molecule has 8 aromatic carbocycles. The molecule has 0 unspecified atom stereocenters. The molecular weight excluding hydrogens is 744 g/mol. The van der Waals surface area contributed by atoms with Crippen molar-refractivity contribution in [2.45, 2.75) is 0 Å². The standard InChI is InChI=1S/C52H37B2N7/c1-5-18-40(19-6-1)58-48-26-13-14-27-49(48)59(41-20-7-2-8-21-41)53(58)38-30-32-46-44(36-38)45-37-39(31-33-47(45)57(46)52-55-34-17-35-56-52)54-60(42-22-9-3-10-23-42)50-28-15-16-29-51(50)61(54)43-24-11-4-12-25-43/h1-37H. The summed E-state index contributed by atoms with van der Waals surface area (Å²) in [6, 6.07) is 76.2. The highest BCUT2D eigenvalue weighted by atomic mass is 15.3. The molecule has 7 nitrogen and oxygen atoms in total.